The lowest BCUT2D eigenvalue weighted by atomic mass is 9.97. The van der Waals surface area contributed by atoms with Gasteiger partial charge in [-0.25, -0.2) is 0 Å². The molecule has 0 amide bonds. The Balaban J connectivity index is 2.67. The van der Waals surface area contributed by atoms with Gasteiger partial charge in [-0.2, -0.15) is 0 Å². The van der Waals surface area contributed by atoms with E-state index in [1.807, 2.05) is 13.0 Å². The zero-order valence-electron chi connectivity index (χ0n) is 7.55. The summed E-state index contributed by atoms with van der Waals surface area (Å²) in [6.07, 6.45) is 0.542. The van der Waals surface area contributed by atoms with E-state index in [0.717, 1.165) is 17.8 Å². The predicted molar refractivity (Wildman–Crippen MR) is 53.0 cm³/mol. The number of rotatable bonds is 0. The molecular formula is C10H12N2O. The van der Waals surface area contributed by atoms with Crippen molar-refractivity contribution < 1.29 is 4.79 Å². The molecule has 0 unspecified atom stereocenters. The molecule has 1 aromatic rings. The third-order valence-corrected chi connectivity index (χ3v) is 2.38. The van der Waals surface area contributed by atoms with Crippen LogP contribution in [0.5, 0.6) is 0 Å². The van der Waals surface area contributed by atoms with Crippen LogP contribution < -0.4 is 11.1 Å². The van der Waals surface area contributed by atoms with Crippen LogP contribution in [0, 0.1) is 6.92 Å². The number of anilines is 2. The van der Waals surface area contributed by atoms with E-state index in [0.29, 0.717) is 17.7 Å². The molecule has 0 aliphatic carbocycles. The summed E-state index contributed by atoms with van der Waals surface area (Å²) >= 11 is 0. The van der Waals surface area contributed by atoms with Gasteiger partial charge < -0.3 is 11.1 Å². The minimum atomic E-state index is 0.148. The molecule has 0 atom stereocenters. The Hall–Kier alpha value is -1.51. The normalized spacial score (nSPS) is 15.0. The summed E-state index contributed by atoms with van der Waals surface area (Å²) in [6.45, 7) is 2.69. The predicted octanol–water partition coefficient (Wildman–Crippen LogP) is 1.58. The van der Waals surface area contributed by atoms with Crippen molar-refractivity contribution in [1.82, 2.24) is 0 Å². The highest BCUT2D eigenvalue weighted by atomic mass is 16.1. The summed E-state index contributed by atoms with van der Waals surface area (Å²) in [4.78, 5) is 11.5. The Labute approximate surface area is 76.9 Å². The average molecular weight is 176 g/mol. The summed E-state index contributed by atoms with van der Waals surface area (Å²) in [7, 11) is 0. The third-order valence-electron chi connectivity index (χ3n) is 2.38. The molecular weight excluding hydrogens is 164 g/mol. The van der Waals surface area contributed by atoms with E-state index in [9.17, 15) is 4.79 Å². The van der Waals surface area contributed by atoms with Gasteiger partial charge in [-0.1, -0.05) is 6.07 Å². The van der Waals surface area contributed by atoms with Crippen LogP contribution in [0.1, 0.15) is 22.3 Å². The molecule has 0 radical (unpaired) electrons. The highest BCUT2D eigenvalue weighted by molar-refractivity contribution is 6.08. The van der Waals surface area contributed by atoms with Crippen molar-refractivity contribution in [1.29, 1.82) is 0 Å². The second-order valence-corrected chi connectivity index (χ2v) is 3.32. The molecule has 3 heteroatoms. The number of carbonyl (C=O) groups excluding carboxylic acids is 1. The van der Waals surface area contributed by atoms with Crippen LogP contribution >= 0.6 is 0 Å². The van der Waals surface area contributed by atoms with Crippen molar-refractivity contribution in [2.24, 2.45) is 0 Å². The number of hydrogen-bond acceptors (Lipinski definition) is 3. The van der Waals surface area contributed by atoms with Crippen LogP contribution in [0.2, 0.25) is 0 Å². The van der Waals surface area contributed by atoms with Crippen molar-refractivity contribution in [3.8, 4) is 0 Å². The molecule has 0 aromatic heterocycles. The van der Waals surface area contributed by atoms with Gasteiger partial charge in [0.15, 0.2) is 5.78 Å². The number of fused-ring (bicyclic) bond motifs is 1. The van der Waals surface area contributed by atoms with Crippen LogP contribution in [0.3, 0.4) is 0 Å². The summed E-state index contributed by atoms with van der Waals surface area (Å²) in [5.74, 6) is 0.148. The zero-order chi connectivity index (χ0) is 9.42. The highest BCUT2D eigenvalue weighted by Gasteiger charge is 2.20. The minimum absolute atomic E-state index is 0.148. The molecule has 3 nitrogen and oxygen atoms in total. The van der Waals surface area contributed by atoms with Crippen molar-refractivity contribution in [2.75, 3.05) is 17.6 Å². The van der Waals surface area contributed by atoms with Gasteiger partial charge in [0, 0.05) is 18.7 Å². The molecule has 13 heavy (non-hydrogen) atoms. The number of nitrogens with one attached hydrogen (secondary N) is 1. The summed E-state index contributed by atoms with van der Waals surface area (Å²) in [5, 5.41) is 3.20. The zero-order valence-corrected chi connectivity index (χ0v) is 7.55. The van der Waals surface area contributed by atoms with Crippen LogP contribution in [-0.4, -0.2) is 12.3 Å². The van der Waals surface area contributed by atoms with Crippen LogP contribution in [-0.2, 0) is 0 Å². The first kappa shape index (κ1) is 8.10. The number of Topliss-reactive ketones (excluding diaryl/α,β-unsaturated/α-hetero) is 1. The number of nitrogens with two attached hydrogens (primary N) is 1. The highest BCUT2D eigenvalue weighted by Crippen LogP contribution is 2.30. The number of nitrogen functional groups attached to an aromatic ring is 1. The summed E-state index contributed by atoms with van der Waals surface area (Å²) in [6, 6.07) is 3.72. The largest absolute Gasteiger partial charge is 0.398 e. The maximum Gasteiger partial charge on any atom is 0.168 e. The first-order valence-corrected chi connectivity index (χ1v) is 4.36. The Morgan fingerprint density at radius 2 is 2.23 bits per heavy atom. The Kier molecular flexibility index (Phi) is 1.72. The lowest BCUT2D eigenvalue weighted by molar-refractivity contribution is 0.0984. The van der Waals surface area contributed by atoms with E-state index in [4.69, 9.17) is 5.73 Å². The van der Waals surface area contributed by atoms with Crippen molar-refractivity contribution in [2.45, 2.75) is 13.3 Å². The lowest BCUT2D eigenvalue weighted by Gasteiger charge is -2.20. The van der Waals surface area contributed by atoms with E-state index >= 15 is 0 Å². The number of aryl methyl sites for hydroxylation is 1. The number of carbonyl (C=O) groups is 1. The van der Waals surface area contributed by atoms with Gasteiger partial charge in [-0.15, -0.1) is 0 Å². The second-order valence-electron chi connectivity index (χ2n) is 3.32. The van der Waals surface area contributed by atoms with Crippen LogP contribution in [0.4, 0.5) is 11.4 Å². The maximum atomic E-state index is 11.5. The van der Waals surface area contributed by atoms with Crippen molar-refractivity contribution in [3.63, 3.8) is 0 Å². The van der Waals surface area contributed by atoms with Gasteiger partial charge >= 0.3 is 0 Å². The second kappa shape index (κ2) is 2.76. The lowest BCUT2D eigenvalue weighted by Crippen LogP contribution is -2.20. The molecule has 68 valence electrons. The van der Waals surface area contributed by atoms with Crippen LogP contribution in [0.15, 0.2) is 12.1 Å². The fourth-order valence-electron chi connectivity index (χ4n) is 1.68. The third kappa shape index (κ3) is 1.16. The van der Waals surface area contributed by atoms with Gasteiger partial charge in [0.2, 0.25) is 0 Å². The quantitative estimate of drug-likeness (QED) is 0.590. The van der Waals surface area contributed by atoms with Crippen molar-refractivity contribution in [3.05, 3.63) is 23.3 Å². The number of benzene rings is 1. The number of ketones is 1. The Bertz CT molecular complexity index is 371. The van der Waals surface area contributed by atoms with Gasteiger partial charge in [0.05, 0.1) is 11.3 Å². The SMILES string of the molecule is Cc1ccc(N)c2c1NCCC2=O. The molecule has 0 bridgehead atoms. The fraction of sp³-hybridized carbons (Fsp3) is 0.300. The van der Waals surface area contributed by atoms with Gasteiger partial charge in [-0.05, 0) is 18.6 Å². The molecule has 0 saturated carbocycles. The smallest absolute Gasteiger partial charge is 0.168 e. The molecule has 0 spiro atoms. The Morgan fingerprint density at radius 1 is 1.46 bits per heavy atom. The maximum absolute atomic E-state index is 11.5. The van der Waals surface area contributed by atoms with E-state index in [-0.39, 0.29) is 5.78 Å². The molecule has 0 fully saturated rings. The molecule has 1 aromatic carbocycles. The fourth-order valence-corrected chi connectivity index (χ4v) is 1.68. The molecule has 1 aliphatic heterocycles. The van der Waals surface area contributed by atoms with E-state index < -0.39 is 0 Å². The standard InChI is InChI=1S/C10H12N2O/c1-6-2-3-7(11)9-8(13)4-5-12-10(6)9/h2-3,12H,4-5,11H2,1H3. The number of hydrogen-bond donors (Lipinski definition) is 2. The molecule has 0 saturated heterocycles. The summed E-state index contributed by atoms with van der Waals surface area (Å²) in [5.41, 5.74) is 8.99. The first-order chi connectivity index (χ1) is 6.20. The molecule has 3 N–H and O–H groups in total. The van der Waals surface area contributed by atoms with Crippen molar-refractivity contribution >= 4 is 17.2 Å². The molecule has 2 rings (SSSR count). The van der Waals surface area contributed by atoms with Gasteiger partial charge in [-0.3, -0.25) is 4.79 Å². The van der Waals surface area contributed by atoms with E-state index in [1.165, 1.54) is 0 Å². The first-order valence-electron chi connectivity index (χ1n) is 4.36. The van der Waals surface area contributed by atoms with E-state index in [1.54, 1.807) is 6.07 Å². The van der Waals surface area contributed by atoms with Gasteiger partial charge in [0.25, 0.3) is 0 Å². The topological polar surface area (TPSA) is 55.1 Å². The minimum Gasteiger partial charge on any atom is -0.398 e. The van der Waals surface area contributed by atoms with Crippen LogP contribution in [0.25, 0.3) is 0 Å². The molecule has 1 heterocycles. The monoisotopic (exact) mass is 176 g/mol. The Morgan fingerprint density at radius 3 is 2.92 bits per heavy atom. The van der Waals surface area contributed by atoms with Gasteiger partial charge in [0.1, 0.15) is 0 Å². The average Bonchev–Trinajstić information content (AvgIpc) is 2.12. The summed E-state index contributed by atoms with van der Waals surface area (Å²) < 4.78 is 0. The molecule has 1 aliphatic rings. The van der Waals surface area contributed by atoms with E-state index in [2.05, 4.69) is 5.32 Å².